The lowest BCUT2D eigenvalue weighted by Crippen LogP contribution is -2.30. The van der Waals surface area contributed by atoms with Gasteiger partial charge in [0.05, 0.1) is 6.04 Å². The van der Waals surface area contributed by atoms with Gasteiger partial charge in [0.15, 0.2) is 5.17 Å². The Morgan fingerprint density at radius 2 is 2.13 bits per heavy atom. The van der Waals surface area contributed by atoms with Crippen LogP contribution in [0, 0.1) is 0 Å². The SMILES string of the molecule is C1=CC(c2ccccc2)N2CCSC2=N1. The smallest absolute Gasteiger partial charge is 0.164 e. The lowest BCUT2D eigenvalue weighted by Gasteiger charge is -2.28. The van der Waals surface area contributed by atoms with Gasteiger partial charge >= 0.3 is 0 Å². The first-order chi connectivity index (χ1) is 7.45. The topological polar surface area (TPSA) is 15.6 Å². The Hall–Kier alpha value is -1.22. The molecule has 0 N–H and O–H groups in total. The van der Waals surface area contributed by atoms with E-state index in [4.69, 9.17) is 0 Å². The van der Waals surface area contributed by atoms with Gasteiger partial charge in [-0.3, -0.25) is 0 Å². The first-order valence-electron chi connectivity index (χ1n) is 5.14. The Morgan fingerprint density at radius 1 is 1.27 bits per heavy atom. The quantitative estimate of drug-likeness (QED) is 0.717. The second-order valence-corrected chi connectivity index (χ2v) is 4.71. The van der Waals surface area contributed by atoms with Crippen LogP contribution in [0.15, 0.2) is 47.6 Å². The summed E-state index contributed by atoms with van der Waals surface area (Å²) in [6, 6.07) is 11.0. The lowest BCUT2D eigenvalue weighted by molar-refractivity contribution is 0.397. The standard InChI is InChI=1S/C12H12N2S/c1-2-4-10(5-3-1)11-6-7-13-12-14(11)8-9-15-12/h1-7,11H,8-9H2. The Morgan fingerprint density at radius 3 is 3.00 bits per heavy atom. The summed E-state index contributed by atoms with van der Waals surface area (Å²) in [4.78, 5) is 6.77. The molecule has 1 fully saturated rings. The van der Waals surface area contributed by atoms with Gasteiger partial charge in [-0.05, 0) is 11.6 Å². The summed E-state index contributed by atoms with van der Waals surface area (Å²) in [6.07, 6.45) is 4.10. The number of rotatable bonds is 1. The molecular formula is C12H12N2S. The first kappa shape index (κ1) is 9.04. The molecule has 2 heterocycles. The van der Waals surface area contributed by atoms with Crippen molar-refractivity contribution >= 4 is 16.9 Å². The van der Waals surface area contributed by atoms with Crippen LogP contribution in [0.25, 0.3) is 0 Å². The average Bonchev–Trinajstić information content (AvgIpc) is 2.78. The van der Waals surface area contributed by atoms with Crippen molar-refractivity contribution in [1.29, 1.82) is 0 Å². The molecule has 2 aliphatic heterocycles. The predicted octanol–water partition coefficient (Wildman–Crippen LogP) is 2.66. The normalized spacial score (nSPS) is 23.9. The van der Waals surface area contributed by atoms with E-state index in [1.165, 1.54) is 10.7 Å². The van der Waals surface area contributed by atoms with E-state index in [-0.39, 0.29) is 0 Å². The van der Waals surface area contributed by atoms with E-state index in [1.807, 2.05) is 18.0 Å². The third kappa shape index (κ3) is 1.57. The molecule has 15 heavy (non-hydrogen) atoms. The summed E-state index contributed by atoms with van der Waals surface area (Å²) >= 11 is 1.85. The molecule has 1 aromatic rings. The molecular weight excluding hydrogens is 204 g/mol. The summed E-state index contributed by atoms with van der Waals surface area (Å²) in [5.41, 5.74) is 1.35. The second-order valence-electron chi connectivity index (χ2n) is 3.65. The Balaban J connectivity index is 1.95. The molecule has 2 nitrogen and oxygen atoms in total. The molecule has 0 bridgehead atoms. The number of nitrogens with zero attached hydrogens (tertiary/aromatic N) is 2. The van der Waals surface area contributed by atoms with Crippen LogP contribution < -0.4 is 0 Å². The van der Waals surface area contributed by atoms with Crippen molar-refractivity contribution in [1.82, 2.24) is 4.90 Å². The van der Waals surface area contributed by atoms with Crippen LogP contribution in [0.1, 0.15) is 11.6 Å². The minimum Gasteiger partial charge on any atom is -0.340 e. The van der Waals surface area contributed by atoms with Crippen LogP contribution in [0.2, 0.25) is 0 Å². The van der Waals surface area contributed by atoms with Crippen LogP contribution in [0.4, 0.5) is 0 Å². The second kappa shape index (κ2) is 3.74. The third-order valence-electron chi connectivity index (χ3n) is 2.74. The summed E-state index contributed by atoms with van der Waals surface area (Å²) in [7, 11) is 0. The Kier molecular flexibility index (Phi) is 2.25. The number of hydrogen-bond donors (Lipinski definition) is 0. The molecule has 0 spiro atoms. The zero-order chi connectivity index (χ0) is 10.1. The molecule has 2 aliphatic rings. The van der Waals surface area contributed by atoms with E-state index in [9.17, 15) is 0 Å². The van der Waals surface area contributed by atoms with E-state index in [1.54, 1.807) is 0 Å². The maximum Gasteiger partial charge on any atom is 0.164 e. The molecule has 1 atom stereocenters. The highest BCUT2D eigenvalue weighted by Gasteiger charge is 2.28. The predicted molar refractivity (Wildman–Crippen MR) is 64.9 cm³/mol. The van der Waals surface area contributed by atoms with E-state index >= 15 is 0 Å². The van der Waals surface area contributed by atoms with Crippen molar-refractivity contribution in [3.05, 3.63) is 48.2 Å². The Bertz CT molecular complexity index is 411. The zero-order valence-corrected chi connectivity index (χ0v) is 9.15. The monoisotopic (exact) mass is 216 g/mol. The number of aliphatic imine (C=N–C) groups is 1. The van der Waals surface area contributed by atoms with E-state index in [0.717, 1.165) is 12.3 Å². The number of thioether (sulfide) groups is 1. The maximum absolute atomic E-state index is 4.39. The molecule has 3 rings (SSSR count). The van der Waals surface area contributed by atoms with Crippen molar-refractivity contribution in [2.45, 2.75) is 6.04 Å². The molecule has 1 unspecified atom stereocenters. The highest BCUT2D eigenvalue weighted by Crippen LogP contribution is 2.32. The average molecular weight is 216 g/mol. The van der Waals surface area contributed by atoms with Crippen LogP contribution >= 0.6 is 11.8 Å². The van der Waals surface area contributed by atoms with Gasteiger partial charge in [-0.1, -0.05) is 42.1 Å². The van der Waals surface area contributed by atoms with Crippen LogP contribution in [0.5, 0.6) is 0 Å². The molecule has 0 aromatic heterocycles. The highest BCUT2D eigenvalue weighted by molar-refractivity contribution is 8.14. The van der Waals surface area contributed by atoms with Gasteiger partial charge in [-0.25, -0.2) is 4.99 Å². The summed E-state index contributed by atoms with van der Waals surface area (Å²) in [5.74, 6) is 1.16. The van der Waals surface area contributed by atoms with E-state index in [2.05, 4.69) is 46.3 Å². The van der Waals surface area contributed by atoms with E-state index < -0.39 is 0 Å². The molecule has 0 amide bonds. The zero-order valence-electron chi connectivity index (χ0n) is 8.34. The summed E-state index contributed by atoms with van der Waals surface area (Å²) in [6.45, 7) is 1.10. The van der Waals surface area contributed by atoms with Crippen molar-refractivity contribution in [3.63, 3.8) is 0 Å². The minimum absolute atomic E-state index is 0.383. The minimum atomic E-state index is 0.383. The molecule has 0 aliphatic carbocycles. The fourth-order valence-corrected chi connectivity index (χ4v) is 2.99. The highest BCUT2D eigenvalue weighted by atomic mass is 32.2. The molecule has 1 saturated heterocycles. The fourth-order valence-electron chi connectivity index (χ4n) is 2.02. The van der Waals surface area contributed by atoms with Crippen LogP contribution in [-0.2, 0) is 0 Å². The van der Waals surface area contributed by atoms with Gasteiger partial charge in [-0.15, -0.1) is 0 Å². The molecule has 1 aromatic carbocycles. The molecule has 0 saturated carbocycles. The summed E-state index contributed by atoms with van der Waals surface area (Å²) < 4.78 is 0. The van der Waals surface area contributed by atoms with Gasteiger partial charge in [-0.2, -0.15) is 0 Å². The number of hydrogen-bond acceptors (Lipinski definition) is 3. The largest absolute Gasteiger partial charge is 0.340 e. The van der Waals surface area contributed by atoms with E-state index in [0.29, 0.717) is 6.04 Å². The molecule has 3 heteroatoms. The van der Waals surface area contributed by atoms with Gasteiger partial charge < -0.3 is 4.90 Å². The molecule has 0 radical (unpaired) electrons. The maximum atomic E-state index is 4.39. The fraction of sp³-hybridized carbons (Fsp3) is 0.250. The summed E-state index contributed by atoms with van der Waals surface area (Å²) in [5, 5.41) is 1.17. The molecule has 76 valence electrons. The number of amidine groups is 1. The third-order valence-corrected chi connectivity index (χ3v) is 3.72. The Labute approximate surface area is 93.7 Å². The first-order valence-corrected chi connectivity index (χ1v) is 6.12. The number of benzene rings is 1. The lowest BCUT2D eigenvalue weighted by atomic mass is 10.1. The van der Waals surface area contributed by atoms with Crippen LogP contribution in [0.3, 0.4) is 0 Å². The van der Waals surface area contributed by atoms with Crippen molar-refractivity contribution in [2.24, 2.45) is 4.99 Å². The number of fused-ring (bicyclic) bond motifs is 1. The van der Waals surface area contributed by atoms with Crippen molar-refractivity contribution < 1.29 is 0 Å². The van der Waals surface area contributed by atoms with Gasteiger partial charge in [0.25, 0.3) is 0 Å². The van der Waals surface area contributed by atoms with Gasteiger partial charge in [0.2, 0.25) is 0 Å². The van der Waals surface area contributed by atoms with Crippen LogP contribution in [-0.4, -0.2) is 22.4 Å². The van der Waals surface area contributed by atoms with Gasteiger partial charge in [0.1, 0.15) is 0 Å². The van der Waals surface area contributed by atoms with Gasteiger partial charge in [0, 0.05) is 18.5 Å². The van der Waals surface area contributed by atoms with Crippen molar-refractivity contribution in [2.75, 3.05) is 12.3 Å². The van der Waals surface area contributed by atoms with Crippen molar-refractivity contribution in [3.8, 4) is 0 Å².